The van der Waals surface area contributed by atoms with E-state index in [9.17, 15) is 4.79 Å². The number of aryl methyl sites for hydroxylation is 2. The molecule has 0 aliphatic rings. The number of amides is 1. The van der Waals surface area contributed by atoms with Crippen molar-refractivity contribution in [1.82, 2.24) is 9.97 Å². The lowest BCUT2D eigenvalue weighted by Gasteiger charge is -2.11. The van der Waals surface area contributed by atoms with Crippen molar-refractivity contribution in [3.63, 3.8) is 0 Å². The zero-order valence-electron chi connectivity index (χ0n) is 10.8. The minimum Gasteiger partial charge on any atom is -0.396 e. The molecule has 0 aromatic carbocycles. The van der Waals surface area contributed by atoms with Gasteiger partial charge in [-0.25, -0.2) is 4.98 Å². The number of rotatable bonds is 3. The van der Waals surface area contributed by atoms with E-state index in [2.05, 4.69) is 15.3 Å². The molecular weight excluding hydrogens is 242 g/mol. The summed E-state index contributed by atoms with van der Waals surface area (Å²) < 4.78 is 0. The molecule has 2 heterocycles. The zero-order valence-corrected chi connectivity index (χ0v) is 10.8. The van der Waals surface area contributed by atoms with Gasteiger partial charge in [0.2, 0.25) is 0 Å². The molecule has 2 aromatic heterocycles. The summed E-state index contributed by atoms with van der Waals surface area (Å²) in [5.41, 5.74) is 14.1. The van der Waals surface area contributed by atoms with Crippen LogP contribution in [0.2, 0.25) is 0 Å². The second kappa shape index (κ2) is 4.93. The van der Waals surface area contributed by atoms with Crippen molar-refractivity contribution in [3.05, 3.63) is 41.3 Å². The van der Waals surface area contributed by atoms with Crippen LogP contribution in [0.15, 0.2) is 24.3 Å². The van der Waals surface area contributed by atoms with E-state index in [0.717, 1.165) is 17.1 Å². The summed E-state index contributed by atoms with van der Waals surface area (Å²) in [6.07, 6.45) is 0. The predicted molar refractivity (Wildman–Crippen MR) is 74.2 cm³/mol. The molecule has 0 saturated carbocycles. The maximum Gasteiger partial charge on any atom is 0.267 e. The molecule has 5 N–H and O–H groups in total. The minimum absolute atomic E-state index is 0.162. The number of nitrogens with one attached hydrogen (secondary N) is 1. The molecule has 0 radical (unpaired) electrons. The Balaban J connectivity index is 2.37. The Hall–Kier alpha value is -2.63. The van der Waals surface area contributed by atoms with E-state index in [1.54, 1.807) is 6.07 Å². The lowest BCUT2D eigenvalue weighted by molar-refractivity contribution is 0.0996. The van der Waals surface area contributed by atoms with Gasteiger partial charge in [-0.15, -0.1) is 0 Å². The molecule has 0 atom stereocenters. The van der Waals surface area contributed by atoms with Crippen LogP contribution in [0, 0.1) is 13.8 Å². The van der Waals surface area contributed by atoms with Gasteiger partial charge in [0.05, 0.1) is 17.1 Å². The lowest BCUT2D eigenvalue weighted by Crippen LogP contribution is -2.14. The maximum absolute atomic E-state index is 11.1. The number of aromatic nitrogens is 2. The summed E-state index contributed by atoms with van der Waals surface area (Å²) in [5.74, 6) is -0.202. The van der Waals surface area contributed by atoms with Crippen LogP contribution in [0.4, 0.5) is 17.2 Å². The summed E-state index contributed by atoms with van der Waals surface area (Å²) >= 11 is 0. The second-order valence-corrected chi connectivity index (χ2v) is 4.21. The molecule has 2 aromatic rings. The average molecular weight is 257 g/mol. The first-order chi connectivity index (χ1) is 8.97. The second-order valence-electron chi connectivity index (χ2n) is 4.21. The molecule has 6 heteroatoms. The van der Waals surface area contributed by atoms with Crippen LogP contribution in [-0.2, 0) is 0 Å². The van der Waals surface area contributed by atoms with E-state index < -0.39 is 5.91 Å². The zero-order chi connectivity index (χ0) is 14.0. The van der Waals surface area contributed by atoms with Crippen LogP contribution in [0.1, 0.15) is 21.9 Å². The highest BCUT2D eigenvalue weighted by Gasteiger charge is 2.09. The highest BCUT2D eigenvalue weighted by atomic mass is 16.1. The van der Waals surface area contributed by atoms with Gasteiger partial charge in [0.15, 0.2) is 5.82 Å². The van der Waals surface area contributed by atoms with Crippen LogP contribution in [0.5, 0.6) is 0 Å². The Bertz CT molecular complexity index is 639. The summed E-state index contributed by atoms with van der Waals surface area (Å²) in [6.45, 7) is 3.79. The number of pyridine rings is 2. The topological polar surface area (TPSA) is 107 Å². The van der Waals surface area contributed by atoms with E-state index in [1.165, 1.54) is 6.07 Å². The van der Waals surface area contributed by atoms with E-state index in [0.29, 0.717) is 11.5 Å². The number of primary amides is 1. The molecule has 0 spiro atoms. The van der Waals surface area contributed by atoms with Crippen molar-refractivity contribution in [1.29, 1.82) is 0 Å². The van der Waals surface area contributed by atoms with Crippen LogP contribution < -0.4 is 16.8 Å². The van der Waals surface area contributed by atoms with Crippen LogP contribution in [0.3, 0.4) is 0 Å². The number of hydrogen-bond donors (Lipinski definition) is 3. The van der Waals surface area contributed by atoms with Crippen molar-refractivity contribution in [2.24, 2.45) is 5.73 Å². The van der Waals surface area contributed by atoms with Gasteiger partial charge in [0.1, 0.15) is 5.69 Å². The van der Waals surface area contributed by atoms with Gasteiger partial charge in [-0.2, -0.15) is 0 Å². The first-order valence-electron chi connectivity index (χ1n) is 5.75. The number of anilines is 3. The standard InChI is InChI=1S/C13H15N5O/c1-7-3-5-10(8(2)16-7)17-13-9(14)4-6-11(18-13)12(15)19/h3-6H,14H2,1-2H3,(H2,15,19)(H,17,18). The Morgan fingerprint density at radius 1 is 1.16 bits per heavy atom. The largest absolute Gasteiger partial charge is 0.396 e. The molecule has 98 valence electrons. The quantitative estimate of drug-likeness (QED) is 0.772. The van der Waals surface area contributed by atoms with Gasteiger partial charge < -0.3 is 16.8 Å². The van der Waals surface area contributed by atoms with Crippen molar-refractivity contribution < 1.29 is 4.79 Å². The molecular formula is C13H15N5O. The van der Waals surface area contributed by atoms with E-state index in [4.69, 9.17) is 11.5 Å². The molecule has 2 rings (SSSR count). The maximum atomic E-state index is 11.1. The number of nitrogens with zero attached hydrogens (tertiary/aromatic N) is 2. The minimum atomic E-state index is -0.596. The van der Waals surface area contributed by atoms with Gasteiger partial charge in [-0.1, -0.05) is 0 Å². The summed E-state index contributed by atoms with van der Waals surface area (Å²) in [6, 6.07) is 6.84. The summed E-state index contributed by atoms with van der Waals surface area (Å²) in [7, 11) is 0. The number of carbonyl (C=O) groups excluding carboxylic acids is 1. The monoisotopic (exact) mass is 257 g/mol. The fourth-order valence-electron chi connectivity index (χ4n) is 1.65. The molecule has 0 saturated heterocycles. The number of nitrogens with two attached hydrogens (primary N) is 2. The van der Waals surface area contributed by atoms with Crippen LogP contribution in [-0.4, -0.2) is 15.9 Å². The van der Waals surface area contributed by atoms with Gasteiger partial charge in [0.25, 0.3) is 5.91 Å². The SMILES string of the molecule is Cc1ccc(Nc2nc(C(N)=O)ccc2N)c(C)n1. The molecule has 6 nitrogen and oxygen atoms in total. The molecule has 0 bridgehead atoms. The Morgan fingerprint density at radius 2 is 1.89 bits per heavy atom. The van der Waals surface area contributed by atoms with Crippen molar-refractivity contribution in [3.8, 4) is 0 Å². The third-order valence-electron chi connectivity index (χ3n) is 2.66. The fraction of sp³-hybridized carbons (Fsp3) is 0.154. The summed E-state index contributed by atoms with van der Waals surface area (Å²) in [5, 5.41) is 3.06. The first kappa shape index (κ1) is 12.8. The number of nitrogen functional groups attached to an aromatic ring is 1. The van der Waals surface area contributed by atoms with Gasteiger partial charge in [-0.05, 0) is 38.1 Å². The first-order valence-corrected chi connectivity index (χ1v) is 5.75. The highest BCUT2D eigenvalue weighted by Crippen LogP contribution is 2.23. The summed E-state index contributed by atoms with van der Waals surface area (Å²) in [4.78, 5) is 19.5. The van der Waals surface area contributed by atoms with Gasteiger partial charge in [0, 0.05) is 5.69 Å². The molecule has 0 unspecified atom stereocenters. The molecule has 0 fully saturated rings. The van der Waals surface area contributed by atoms with Gasteiger partial charge >= 0.3 is 0 Å². The predicted octanol–water partition coefficient (Wildman–Crippen LogP) is 1.52. The average Bonchev–Trinajstić information content (AvgIpc) is 2.34. The number of carbonyl (C=O) groups is 1. The van der Waals surface area contributed by atoms with Crippen molar-refractivity contribution in [2.75, 3.05) is 11.1 Å². The highest BCUT2D eigenvalue weighted by molar-refractivity contribution is 5.92. The van der Waals surface area contributed by atoms with Crippen LogP contribution >= 0.6 is 0 Å². The Kier molecular flexibility index (Phi) is 3.33. The molecule has 1 amide bonds. The normalized spacial score (nSPS) is 10.2. The Morgan fingerprint density at radius 3 is 2.53 bits per heavy atom. The van der Waals surface area contributed by atoms with Crippen molar-refractivity contribution >= 4 is 23.1 Å². The van der Waals surface area contributed by atoms with Crippen molar-refractivity contribution in [2.45, 2.75) is 13.8 Å². The van der Waals surface area contributed by atoms with E-state index >= 15 is 0 Å². The third-order valence-corrected chi connectivity index (χ3v) is 2.66. The number of hydrogen-bond acceptors (Lipinski definition) is 5. The fourth-order valence-corrected chi connectivity index (χ4v) is 1.65. The Labute approximate surface area is 110 Å². The molecule has 0 aliphatic heterocycles. The molecule has 19 heavy (non-hydrogen) atoms. The lowest BCUT2D eigenvalue weighted by atomic mass is 10.2. The molecule has 0 aliphatic carbocycles. The van der Waals surface area contributed by atoms with Gasteiger partial charge in [-0.3, -0.25) is 9.78 Å². The van der Waals surface area contributed by atoms with E-state index in [1.807, 2.05) is 26.0 Å². The van der Waals surface area contributed by atoms with Crippen LogP contribution in [0.25, 0.3) is 0 Å². The van der Waals surface area contributed by atoms with E-state index in [-0.39, 0.29) is 5.69 Å². The smallest absolute Gasteiger partial charge is 0.267 e. The third kappa shape index (κ3) is 2.79.